The fourth-order valence-electron chi connectivity index (χ4n) is 1.70. The monoisotopic (exact) mass is 217 g/mol. The van der Waals surface area contributed by atoms with Crippen molar-refractivity contribution >= 4 is 6.09 Å². The SMILES string of the molecule is CC(C)OC[C@H](O)[C@H]1CCN(C(=O)O)C1. The average Bonchev–Trinajstić information content (AvgIpc) is 2.62. The average molecular weight is 217 g/mol. The van der Waals surface area contributed by atoms with Gasteiger partial charge in [-0.05, 0) is 20.3 Å². The van der Waals surface area contributed by atoms with E-state index in [4.69, 9.17) is 9.84 Å². The molecule has 0 unspecified atom stereocenters. The maximum Gasteiger partial charge on any atom is 0.407 e. The van der Waals surface area contributed by atoms with Crippen LogP contribution in [0.4, 0.5) is 4.79 Å². The molecule has 2 N–H and O–H groups in total. The van der Waals surface area contributed by atoms with E-state index < -0.39 is 12.2 Å². The topological polar surface area (TPSA) is 70.0 Å². The number of likely N-dealkylation sites (tertiary alicyclic amines) is 1. The van der Waals surface area contributed by atoms with E-state index in [0.717, 1.165) is 6.42 Å². The molecule has 1 aliphatic heterocycles. The van der Waals surface area contributed by atoms with Crippen molar-refractivity contribution in [1.29, 1.82) is 0 Å². The van der Waals surface area contributed by atoms with Gasteiger partial charge in [-0.3, -0.25) is 0 Å². The molecule has 0 saturated carbocycles. The summed E-state index contributed by atoms with van der Waals surface area (Å²) in [6, 6.07) is 0. The number of carboxylic acid groups (broad SMARTS) is 1. The molecule has 0 aromatic rings. The molecule has 0 bridgehead atoms. The van der Waals surface area contributed by atoms with Gasteiger partial charge in [-0.1, -0.05) is 0 Å². The van der Waals surface area contributed by atoms with Gasteiger partial charge in [-0.25, -0.2) is 4.79 Å². The lowest BCUT2D eigenvalue weighted by Gasteiger charge is -2.19. The Balaban J connectivity index is 2.30. The first-order chi connectivity index (χ1) is 7.00. The molecule has 5 heteroatoms. The van der Waals surface area contributed by atoms with Gasteiger partial charge >= 0.3 is 6.09 Å². The van der Waals surface area contributed by atoms with Gasteiger partial charge < -0.3 is 19.8 Å². The molecular formula is C10H19NO4. The zero-order valence-electron chi connectivity index (χ0n) is 9.22. The van der Waals surface area contributed by atoms with Crippen LogP contribution >= 0.6 is 0 Å². The minimum absolute atomic E-state index is 0.0137. The molecule has 1 saturated heterocycles. The van der Waals surface area contributed by atoms with E-state index >= 15 is 0 Å². The van der Waals surface area contributed by atoms with Crippen LogP contribution in [-0.2, 0) is 4.74 Å². The van der Waals surface area contributed by atoms with Crippen molar-refractivity contribution in [3.63, 3.8) is 0 Å². The van der Waals surface area contributed by atoms with E-state index in [2.05, 4.69) is 0 Å². The Bertz CT molecular complexity index is 219. The predicted molar refractivity (Wildman–Crippen MR) is 54.8 cm³/mol. The molecule has 0 aromatic carbocycles. The Hall–Kier alpha value is -0.810. The number of hydrogen-bond acceptors (Lipinski definition) is 3. The molecule has 2 atom stereocenters. The number of aliphatic hydroxyl groups is 1. The summed E-state index contributed by atoms with van der Waals surface area (Å²) in [6.45, 7) is 5.03. The second-order valence-electron chi connectivity index (χ2n) is 4.23. The number of rotatable bonds is 4. The van der Waals surface area contributed by atoms with Gasteiger partial charge in [0.15, 0.2) is 0 Å². The summed E-state index contributed by atoms with van der Waals surface area (Å²) in [5.41, 5.74) is 0. The number of ether oxygens (including phenoxy) is 1. The van der Waals surface area contributed by atoms with Gasteiger partial charge in [0.2, 0.25) is 0 Å². The van der Waals surface area contributed by atoms with Crippen molar-refractivity contribution in [1.82, 2.24) is 4.90 Å². The van der Waals surface area contributed by atoms with Gasteiger partial charge in [0.1, 0.15) is 0 Å². The zero-order valence-corrected chi connectivity index (χ0v) is 9.22. The zero-order chi connectivity index (χ0) is 11.4. The number of amides is 1. The Morgan fingerprint density at radius 2 is 2.27 bits per heavy atom. The fraction of sp³-hybridized carbons (Fsp3) is 0.900. The molecule has 5 nitrogen and oxygen atoms in total. The lowest BCUT2D eigenvalue weighted by atomic mass is 10.0. The van der Waals surface area contributed by atoms with Crippen molar-refractivity contribution in [2.24, 2.45) is 5.92 Å². The summed E-state index contributed by atoms with van der Waals surface area (Å²) < 4.78 is 5.30. The highest BCUT2D eigenvalue weighted by molar-refractivity contribution is 5.65. The van der Waals surface area contributed by atoms with Gasteiger partial charge in [0.25, 0.3) is 0 Å². The van der Waals surface area contributed by atoms with Gasteiger partial charge in [-0.15, -0.1) is 0 Å². The minimum Gasteiger partial charge on any atom is -0.465 e. The summed E-state index contributed by atoms with van der Waals surface area (Å²) in [5, 5.41) is 18.5. The standard InChI is InChI=1S/C10H19NO4/c1-7(2)15-6-9(12)8-3-4-11(5-8)10(13)14/h7-9,12H,3-6H2,1-2H3,(H,13,14)/t8-,9-/m0/s1. The first kappa shape index (κ1) is 12.3. The van der Waals surface area contributed by atoms with E-state index in [1.807, 2.05) is 13.8 Å². The highest BCUT2D eigenvalue weighted by atomic mass is 16.5. The first-order valence-corrected chi connectivity index (χ1v) is 5.28. The third kappa shape index (κ3) is 3.68. The smallest absolute Gasteiger partial charge is 0.407 e. The summed E-state index contributed by atoms with van der Waals surface area (Å²) in [7, 11) is 0. The van der Waals surface area contributed by atoms with Crippen LogP contribution in [-0.4, -0.2) is 53.1 Å². The summed E-state index contributed by atoms with van der Waals surface area (Å²) in [5.74, 6) is 0.0137. The third-order valence-corrected chi connectivity index (χ3v) is 2.64. The van der Waals surface area contributed by atoms with Gasteiger partial charge in [-0.2, -0.15) is 0 Å². The Labute approximate surface area is 89.6 Å². The lowest BCUT2D eigenvalue weighted by molar-refractivity contribution is -0.0172. The second kappa shape index (κ2) is 5.32. The highest BCUT2D eigenvalue weighted by Gasteiger charge is 2.30. The van der Waals surface area contributed by atoms with E-state index in [0.29, 0.717) is 13.1 Å². The van der Waals surface area contributed by atoms with E-state index in [9.17, 15) is 9.90 Å². The molecule has 1 rings (SSSR count). The van der Waals surface area contributed by atoms with Crippen molar-refractivity contribution < 1.29 is 19.7 Å². The van der Waals surface area contributed by atoms with Crippen LogP contribution in [0, 0.1) is 5.92 Å². The normalized spacial score (nSPS) is 23.5. The number of nitrogens with zero attached hydrogens (tertiary/aromatic N) is 1. The van der Waals surface area contributed by atoms with E-state index in [1.54, 1.807) is 0 Å². The molecule has 0 aliphatic carbocycles. The molecule has 88 valence electrons. The van der Waals surface area contributed by atoms with Gasteiger partial charge in [0.05, 0.1) is 18.8 Å². The minimum atomic E-state index is -0.908. The number of aliphatic hydroxyl groups excluding tert-OH is 1. The number of hydrogen-bond donors (Lipinski definition) is 2. The Morgan fingerprint density at radius 3 is 2.73 bits per heavy atom. The largest absolute Gasteiger partial charge is 0.465 e. The Kier molecular flexibility index (Phi) is 4.35. The molecule has 0 spiro atoms. The quantitative estimate of drug-likeness (QED) is 0.729. The number of carbonyl (C=O) groups is 1. The van der Waals surface area contributed by atoms with E-state index in [1.165, 1.54) is 4.90 Å². The van der Waals surface area contributed by atoms with Crippen LogP contribution in [0.1, 0.15) is 20.3 Å². The van der Waals surface area contributed by atoms with Crippen LogP contribution in [0.2, 0.25) is 0 Å². The molecule has 0 aromatic heterocycles. The molecule has 0 radical (unpaired) electrons. The second-order valence-corrected chi connectivity index (χ2v) is 4.23. The van der Waals surface area contributed by atoms with Crippen LogP contribution in [0.25, 0.3) is 0 Å². The van der Waals surface area contributed by atoms with Crippen LogP contribution in [0.5, 0.6) is 0 Å². The highest BCUT2D eigenvalue weighted by Crippen LogP contribution is 2.20. The van der Waals surface area contributed by atoms with Crippen LogP contribution in [0.3, 0.4) is 0 Å². The summed E-state index contributed by atoms with van der Waals surface area (Å²) >= 11 is 0. The van der Waals surface area contributed by atoms with Crippen LogP contribution < -0.4 is 0 Å². The summed E-state index contributed by atoms with van der Waals surface area (Å²) in [6.07, 6.45) is -0.655. The molecule has 1 fully saturated rings. The molecule has 1 aliphatic rings. The fourth-order valence-corrected chi connectivity index (χ4v) is 1.70. The molecule has 1 amide bonds. The maximum absolute atomic E-state index is 10.6. The van der Waals surface area contributed by atoms with Crippen LogP contribution in [0.15, 0.2) is 0 Å². The molecule has 1 heterocycles. The third-order valence-electron chi connectivity index (χ3n) is 2.64. The molecular weight excluding hydrogens is 198 g/mol. The van der Waals surface area contributed by atoms with Crippen molar-refractivity contribution in [3.8, 4) is 0 Å². The summed E-state index contributed by atoms with van der Waals surface area (Å²) in [4.78, 5) is 12.0. The molecule has 15 heavy (non-hydrogen) atoms. The Morgan fingerprint density at radius 1 is 1.60 bits per heavy atom. The van der Waals surface area contributed by atoms with Crippen molar-refractivity contribution in [3.05, 3.63) is 0 Å². The first-order valence-electron chi connectivity index (χ1n) is 5.28. The maximum atomic E-state index is 10.6. The predicted octanol–water partition coefficient (Wildman–Crippen LogP) is 0.772. The van der Waals surface area contributed by atoms with Crippen molar-refractivity contribution in [2.45, 2.75) is 32.5 Å². The van der Waals surface area contributed by atoms with Gasteiger partial charge in [0, 0.05) is 19.0 Å². The van der Waals surface area contributed by atoms with Crippen molar-refractivity contribution in [2.75, 3.05) is 19.7 Å². The van der Waals surface area contributed by atoms with E-state index in [-0.39, 0.29) is 18.6 Å². The lowest BCUT2D eigenvalue weighted by Crippen LogP contribution is -2.32.